The Bertz CT molecular complexity index is 843. The largest absolute Gasteiger partial charge is 0.478 e. The molecule has 10 nitrogen and oxygen atoms in total. The van der Waals surface area contributed by atoms with Crippen molar-refractivity contribution in [2.45, 2.75) is 38.0 Å². The normalized spacial score (nSPS) is 10.1. The van der Waals surface area contributed by atoms with Gasteiger partial charge in [0.25, 0.3) is 0 Å². The van der Waals surface area contributed by atoms with Gasteiger partial charge in [0.15, 0.2) is 6.61 Å². The van der Waals surface area contributed by atoms with E-state index < -0.39 is 48.7 Å². The molecule has 0 spiro atoms. The number of alkyl halides is 8. The molecule has 18 heteroatoms. The number of carboxylic acid groups (broad SMARTS) is 1. The molecule has 240 valence electrons. The van der Waals surface area contributed by atoms with Crippen molar-refractivity contribution in [3.8, 4) is 0 Å². The van der Waals surface area contributed by atoms with Gasteiger partial charge in [0.05, 0.1) is 27.4 Å². The quantitative estimate of drug-likeness (QED) is 0.143. The van der Waals surface area contributed by atoms with Crippen LogP contribution in [0.5, 0.6) is 0 Å². The van der Waals surface area contributed by atoms with E-state index in [-0.39, 0.29) is 24.8 Å². The summed E-state index contributed by atoms with van der Waals surface area (Å²) in [5.41, 5.74) is 0.609. The molecule has 0 aromatic rings. The third-order valence-corrected chi connectivity index (χ3v) is 3.08. The van der Waals surface area contributed by atoms with Gasteiger partial charge in [-0.15, -0.1) is 0 Å². The highest BCUT2D eigenvalue weighted by Gasteiger charge is 2.75. The molecule has 0 aromatic heterocycles. The Hall–Kier alpha value is -3.80. The van der Waals surface area contributed by atoms with E-state index in [9.17, 15) is 54.3 Å². The Morgan fingerprint density at radius 3 is 1.32 bits per heavy atom. The second-order valence-electron chi connectivity index (χ2n) is 6.55. The van der Waals surface area contributed by atoms with E-state index in [1.165, 1.54) is 21.1 Å². The molecule has 0 radical (unpaired) electrons. The first kappa shape index (κ1) is 47.0. The average molecular weight is 620 g/mol. The van der Waals surface area contributed by atoms with E-state index in [0.717, 1.165) is 6.08 Å². The molecule has 0 saturated carbocycles. The minimum Gasteiger partial charge on any atom is -0.478 e. The van der Waals surface area contributed by atoms with Crippen LogP contribution in [0.2, 0.25) is 0 Å². The second kappa shape index (κ2) is 24.0. The van der Waals surface area contributed by atoms with Crippen molar-refractivity contribution in [2.24, 2.45) is 0 Å². The molecular weight excluding hydrogens is 588 g/mol. The van der Waals surface area contributed by atoms with Gasteiger partial charge in [-0.1, -0.05) is 26.3 Å². The zero-order chi connectivity index (χ0) is 34.2. The highest BCUT2D eigenvalue weighted by molar-refractivity contribution is 5.86. The van der Waals surface area contributed by atoms with Crippen LogP contribution < -0.4 is 0 Å². The summed E-state index contributed by atoms with van der Waals surface area (Å²) in [4.78, 5) is 39.9. The van der Waals surface area contributed by atoms with Gasteiger partial charge in [-0.2, -0.15) is 26.3 Å². The summed E-state index contributed by atoms with van der Waals surface area (Å²) in [5.74, 6) is -21.6. The van der Waals surface area contributed by atoms with Crippen LogP contribution in [0.4, 0.5) is 35.1 Å². The van der Waals surface area contributed by atoms with Gasteiger partial charge in [0.1, 0.15) is 0 Å². The predicted octanol–water partition coefficient (Wildman–Crippen LogP) is 3.59. The van der Waals surface area contributed by atoms with Crippen LogP contribution in [0.1, 0.15) is 13.8 Å². The Kier molecular flexibility index (Phi) is 27.6. The van der Waals surface area contributed by atoms with Crippen molar-refractivity contribution in [1.82, 2.24) is 0 Å². The summed E-state index contributed by atoms with van der Waals surface area (Å²) < 4.78 is 110. The first-order chi connectivity index (χ1) is 18.4. The number of aliphatic hydroxyl groups excluding tert-OH is 2. The Morgan fingerprint density at radius 1 is 0.805 bits per heavy atom. The standard InChI is InChI=1S/C8H6F8O2.C5H8O2.2C4H6O2.C2H6O2/c1-2-4(17)18-3-6(11,12)8(15,16)7(13,14)5(9)10;1-4(2)5(6)7-3;1-3-4(5)6-2;1-3(2)4(5)6;3-1-2-4/h2,5H,1,3H2;1H2,2-3H3;3H,1H2,2H3;1H2,2H3,(H,5,6);3-4H,1-2H2. The summed E-state index contributed by atoms with van der Waals surface area (Å²) in [6, 6.07) is 0. The smallest absolute Gasteiger partial charge is 0.381 e. The number of methoxy groups -OCH3 is 2. The molecule has 0 fully saturated rings. The van der Waals surface area contributed by atoms with Gasteiger partial charge in [-0.3, -0.25) is 0 Å². The zero-order valence-electron chi connectivity index (χ0n) is 22.4. The molecule has 0 unspecified atom stereocenters. The molecule has 0 heterocycles. The van der Waals surface area contributed by atoms with E-state index in [1.54, 1.807) is 6.92 Å². The third-order valence-electron chi connectivity index (χ3n) is 3.08. The van der Waals surface area contributed by atoms with E-state index in [0.29, 0.717) is 11.6 Å². The number of rotatable bonds is 10. The third kappa shape index (κ3) is 22.7. The number of carboxylic acids is 1. The minimum absolute atomic E-state index is 0.125. The first-order valence-electron chi connectivity index (χ1n) is 10.2. The predicted molar refractivity (Wildman–Crippen MR) is 128 cm³/mol. The number of carbonyl (C=O) groups excluding carboxylic acids is 3. The fraction of sp³-hybridized carbons (Fsp3) is 0.478. The fourth-order valence-electron chi connectivity index (χ4n) is 0.950. The number of hydrogen-bond acceptors (Lipinski definition) is 9. The van der Waals surface area contributed by atoms with Crippen molar-refractivity contribution >= 4 is 23.9 Å². The van der Waals surface area contributed by atoms with Gasteiger partial charge in [-0.05, 0) is 13.8 Å². The molecule has 0 atom stereocenters. The van der Waals surface area contributed by atoms with Crippen molar-refractivity contribution in [3.63, 3.8) is 0 Å². The molecule has 0 aliphatic rings. The van der Waals surface area contributed by atoms with Gasteiger partial charge >= 0.3 is 48.1 Å². The summed E-state index contributed by atoms with van der Waals surface area (Å²) >= 11 is 0. The summed E-state index contributed by atoms with van der Waals surface area (Å²) in [7, 11) is 2.64. The van der Waals surface area contributed by atoms with Crippen LogP contribution in [-0.2, 0) is 33.4 Å². The lowest BCUT2D eigenvalue weighted by molar-refractivity contribution is -0.344. The van der Waals surface area contributed by atoms with E-state index in [2.05, 4.69) is 40.5 Å². The molecule has 0 aliphatic carbocycles. The van der Waals surface area contributed by atoms with Gasteiger partial charge in [0, 0.05) is 23.3 Å². The highest BCUT2D eigenvalue weighted by Crippen LogP contribution is 2.48. The SMILES string of the molecule is C=C(C)C(=O)O.C=C(C)C(=O)OC.C=CC(=O)OC.C=CC(=O)OCC(F)(F)C(F)(F)C(F)(F)C(F)F.OCCO. The Morgan fingerprint density at radius 2 is 1.17 bits per heavy atom. The van der Waals surface area contributed by atoms with Crippen LogP contribution in [0.25, 0.3) is 0 Å². The number of hydrogen-bond donors (Lipinski definition) is 3. The number of carbonyl (C=O) groups is 4. The fourth-order valence-corrected chi connectivity index (χ4v) is 0.950. The number of halogens is 8. The summed E-state index contributed by atoms with van der Waals surface area (Å²) in [6.45, 7) is 12.7. The molecule has 0 aromatic carbocycles. The lowest BCUT2D eigenvalue weighted by Gasteiger charge is -2.31. The van der Waals surface area contributed by atoms with E-state index >= 15 is 0 Å². The zero-order valence-corrected chi connectivity index (χ0v) is 22.4. The molecule has 0 saturated heterocycles. The van der Waals surface area contributed by atoms with Gasteiger partial charge in [0.2, 0.25) is 0 Å². The van der Waals surface area contributed by atoms with Crippen LogP contribution in [-0.4, -0.2) is 97.4 Å². The van der Waals surface area contributed by atoms with Crippen molar-refractivity contribution < 1.29 is 83.8 Å². The Labute approximate surface area is 230 Å². The highest BCUT2D eigenvalue weighted by atomic mass is 19.4. The van der Waals surface area contributed by atoms with Gasteiger partial charge in [-0.25, -0.2) is 28.0 Å². The number of esters is 3. The number of aliphatic carboxylic acids is 1. The van der Waals surface area contributed by atoms with Crippen molar-refractivity contribution in [2.75, 3.05) is 34.0 Å². The van der Waals surface area contributed by atoms with Crippen LogP contribution >= 0.6 is 0 Å². The van der Waals surface area contributed by atoms with Crippen molar-refractivity contribution in [1.29, 1.82) is 0 Å². The topological polar surface area (TPSA) is 157 Å². The molecule has 0 bridgehead atoms. The maximum absolute atomic E-state index is 12.7. The molecule has 0 amide bonds. The van der Waals surface area contributed by atoms with Crippen LogP contribution in [0.15, 0.2) is 49.6 Å². The Balaban J connectivity index is -0.000000154. The first-order valence-corrected chi connectivity index (χ1v) is 10.2. The second-order valence-corrected chi connectivity index (χ2v) is 6.55. The molecule has 0 rings (SSSR count). The molecular formula is C23H32F8O10. The lowest BCUT2D eigenvalue weighted by Crippen LogP contribution is -2.59. The van der Waals surface area contributed by atoms with Gasteiger partial charge < -0.3 is 29.5 Å². The van der Waals surface area contributed by atoms with Crippen molar-refractivity contribution in [3.05, 3.63) is 49.6 Å². The van der Waals surface area contributed by atoms with Crippen LogP contribution in [0, 0.1) is 0 Å². The lowest BCUT2D eigenvalue weighted by atomic mass is 10.1. The van der Waals surface area contributed by atoms with E-state index in [1.807, 2.05) is 0 Å². The maximum Gasteiger partial charge on any atom is 0.381 e. The average Bonchev–Trinajstić information content (AvgIpc) is 2.91. The molecule has 0 aliphatic heterocycles. The minimum atomic E-state index is -6.38. The number of aliphatic hydroxyl groups is 2. The maximum atomic E-state index is 12.7. The monoisotopic (exact) mass is 620 g/mol. The molecule has 41 heavy (non-hydrogen) atoms. The van der Waals surface area contributed by atoms with E-state index in [4.69, 9.17) is 15.3 Å². The van der Waals surface area contributed by atoms with Crippen LogP contribution in [0.3, 0.4) is 0 Å². The summed E-state index contributed by atoms with van der Waals surface area (Å²) in [5, 5.41) is 23.1. The number of ether oxygens (including phenoxy) is 3. The summed E-state index contributed by atoms with van der Waals surface area (Å²) in [6.07, 6.45) is -3.59. The molecule has 3 N–H and O–H groups in total.